The summed E-state index contributed by atoms with van der Waals surface area (Å²) < 4.78 is 18.1. The average Bonchev–Trinajstić information content (AvgIpc) is 3.13. The largest absolute Gasteiger partial charge is 0.503 e. The Labute approximate surface area is 198 Å². The molecule has 4 rings (SSSR count). The van der Waals surface area contributed by atoms with Gasteiger partial charge in [-0.25, -0.2) is 0 Å². The van der Waals surface area contributed by atoms with Gasteiger partial charge in [-0.3, -0.25) is 9.69 Å². The van der Waals surface area contributed by atoms with E-state index in [1.54, 1.807) is 47.0 Å². The minimum absolute atomic E-state index is 0.0293. The second-order valence-corrected chi connectivity index (χ2v) is 8.09. The second kappa shape index (κ2) is 10.6. The van der Waals surface area contributed by atoms with Crippen LogP contribution in [0.4, 0.5) is 0 Å². The average molecular weight is 467 g/mol. The molecule has 0 amide bonds. The maximum Gasteiger partial charge on any atom is 0.235 e. The Morgan fingerprint density at radius 2 is 1.71 bits per heavy atom. The van der Waals surface area contributed by atoms with Gasteiger partial charge in [0.15, 0.2) is 23.0 Å². The number of hydrogen-bond donors (Lipinski definition) is 2. The van der Waals surface area contributed by atoms with Crippen molar-refractivity contribution in [2.75, 3.05) is 47.1 Å². The fourth-order valence-electron chi connectivity index (χ4n) is 4.39. The monoisotopic (exact) mass is 466 g/mol. The van der Waals surface area contributed by atoms with Crippen LogP contribution in [0.5, 0.6) is 23.1 Å². The van der Waals surface area contributed by atoms with Crippen molar-refractivity contribution in [1.29, 1.82) is 0 Å². The van der Waals surface area contributed by atoms with Gasteiger partial charge in [0.25, 0.3) is 0 Å². The molecule has 1 aliphatic rings. The molecule has 0 unspecified atom stereocenters. The Kier molecular flexibility index (Phi) is 7.40. The third-order valence-electron chi connectivity index (χ3n) is 6.09. The third kappa shape index (κ3) is 4.60. The van der Waals surface area contributed by atoms with Gasteiger partial charge in [0.2, 0.25) is 5.88 Å². The quantitative estimate of drug-likeness (QED) is 0.466. The highest BCUT2D eigenvalue weighted by atomic mass is 16.5. The van der Waals surface area contributed by atoms with Crippen molar-refractivity contribution < 1.29 is 29.2 Å². The molecule has 2 aromatic carbocycles. The zero-order valence-electron chi connectivity index (χ0n) is 19.5. The molecule has 8 heteroatoms. The summed E-state index contributed by atoms with van der Waals surface area (Å²) >= 11 is 0. The molecule has 0 radical (unpaired) electrons. The first-order chi connectivity index (χ1) is 16.6. The molecule has 0 aliphatic carbocycles. The number of ether oxygens (including phenoxy) is 3. The summed E-state index contributed by atoms with van der Waals surface area (Å²) in [5.74, 6) is -0.279. The van der Waals surface area contributed by atoms with Crippen LogP contribution in [0.2, 0.25) is 0 Å². The maximum atomic E-state index is 13.5. The predicted octanol–water partition coefficient (Wildman–Crippen LogP) is 3.54. The summed E-state index contributed by atoms with van der Waals surface area (Å²) in [6, 6.07) is 14.0. The highest BCUT2D eigenvalue weighted by Gasteiger charge is 2.31. The van der Waals surface area contributed by atoms with Gasteiger partial charge in [0.05, 0.1) is 38.7 Å². The number of aromatic nitrogens is 1. The minimum Gasteiger partial charge on any atom is -0.503 e. The molecule has 2 N–H and O–H groups in total. The number of carbonyl (C=O) groups excluding carboxylic acids is 1. The fourth-order valence-corrected chi connectivity index (χ4v) is 4.39. The van der Waals surface area contributed by atoms with Crippen LogP contribution in [0, 0.1) is 0 Å². The van der Waals surface area contributed by atoms with Crippen molar-refractivity contribution >= 4 is 5.78 Å². The van der Waals surface area contributed by atoms with E-state index in [0.717, 1.165) is 19.6 Å². The molecule has 1 saturated heterocycles. The number of para-hydroxylation sites is 1. The lowest BCUT2D eigenvalue weighted by molar-refractivity contribution is 0.0369. The number of carbonyl (C=O) groups is 1. The van der Waals surface area contributed by atoms with Crippen LogP contribution in [0.3, 0.4) is 0 Å². The number of rotatable bonds is 9. The first-order valence-electron chi connectivity index (χ1n) is 11.3. The molecule has 3 aromatic rings. The molecule has 1 fully saturated rings. The number of hydrogen-bond acceptors (Lipinski definition) is 7. The lowest BCUT2D eigenvalue weighted by atomic mass is 9.98. The van der Waals surface area contributed by atoms with Gasteiger partial charge in [-0.1, -0.05) is 36.4 Å². The third-order valence-corrected chi connectivity index (χ3v) is 6.09. The molecule has 180 valence electrons. The minimum atomic E-state index is -0.444. The number of methoxy groups -OCH3 is 2. The zero-order valence-corrected chi connectivity index (χ0v) is 19.5. The first kappa shape index (κ1) is 23.7. The van der Waals surface area contributed by atoms with Crippen molar-refractivity contribution in [3.63, 3.8) is 0 Å². The molecule has 1 aliphatic heterocycles. The summed E-state index contributed by atoms with van der Waals surface area (Å²) in [5.41, 5.74) is 1.37. The Balaban J connectivity index is 1.80. The standard InChI is InChI=1S/C26H30N2O6/c1-32-20-11-6-10-19(25(20)33-2)22-21(23(29)18-8-4-3-5-9-18)24(30)26(31)28(22)13-7-12-27-14-16-34-17-15-27/h3-6,8-11,30-31H,7,12-17H2,1-2H3. The normalized spacial score (nSPS) is 14.2. The lowest BCUT2D eigenvalue weighted by Crippen LogP contribution is -2.37. The van der Waals surface area contributed by atoms with Crippen molar-refractivity contribution in [3.8, 4) is 34.4 Å². The van der Waals surface area contributed by atoms with Crippen LogP contribution in [-0.4, -0.2) is 72.5 Å². The van der Waals surface area contributed by atoms with Crippen LogP contribution in [0.15, 0.2) is 48.5 Å². The SMILES string of the molecule is COc1cccc(-c2c(C(=O)c3ccccc3)c(O)c(O)n2CCCN2CCOCC2)c1OC. The number of aromatic hydroxyl groups is 2. The van der Waals surface area contributed by atoms with E-state index in [4.69, 9.17) is 14.2 Å². The second-order valence-electron chi connectivity index (χ2n) is 8.09. The smallest absolute Gasteiger partial charge is 0.235 e. The van der Waals surface area contributed by atoms with Crippen LogP contribution in [0.1, 0.15) is 22.3 Å². The molecule has 34 heavy (non-hydrogen) atoms. The fraction of sp³-hybridized carbons (Fsp3) is 0.346. The topological polar surface area (TPSA) is 93.4 Å². The zero-order chi connectivity index (χ0) is 24.1. The molecular formula is C26H30N2O6. The van der Waals surface area contributed by atoms with E-state index >= 15 is 0 Å². The van der Waals surface area contributed by atoms with E-state index in [9.17, 15) is 15.0 Å². The number of nitrogens with zero attached hydrogens (tertiary/aromatic N) is 2. The first-order valence-corrected chi connectivity index (χ1v) is 11.3. The highest BCUT2D eigenvalue weighted by molar-refractivity contribution is 6.15. The molecular weight excluding hydrogens is 436 g/mol. The van der Waals surface area contributed by atoms with Gasteiger partial charge >= 0.3 is 0 Å². The van der Waals surface area contributed by atoms with E-state index in [0.29, 0.717) is 54.5 Å². The van der Waals surface area contributed by atoms with Crippen molar-refractivity contribution in [3.05, 3.63) is 59.7 Å². The Bertz CT molecular complexity index is 1140. The Morgan fingerprint density at radius 3 is 2.38 bits per heavy atom. The van der Waals surface area contributed by atoms with E-state index in [1.165, 1.54) is 14.2 Å². The Morgan fingerprint density at radius 1 is 0.971 bits per heavy atom. The molecule has 0 atom stereocenters. The highest BCUT2D eigenvalue weighted by Crippen LogP contribution is 2.47. The number of morpholine rings is 1. The van der Waals surface area contributed by atoms with Crippen LogP contribution < -0.4 is 9.47 Å². The summed E-state index contributed by atoms with van der Waals surface area (Å²) in [4.78, 5) is 15.8. The summed E-state index contributed by atoms with van der Waals surface area (Å²) in [6.45, 7) is 4.33. The van der Waals surface area contributed by atoms with E-state index < -0.39 is 5.75 Å². The van der Waals surface area contributed by atoms with Crippen molar-refractivity contribution in [2.24, 2.45) is 0 Å². The molecule has 0 spiro atoms. The summed E-state index contributed by atoms with van der Waals surface area (Å²) in [6.07, 6.45) is 0.708. The van der Waals surface area contributed by atoms with Gasteiger partial charge < -0.3 is 29.0 Å². The summed E-state index contributed by atoms with van der Waals surface area (Å²) in [5, 5.41) is 21.9. The molecule has 8 nitrogen and oxygen atoms in total. The van der Waals surface area contributed by atoms with Gasteiger partial charge in [-0.05, 0) is 18.6 Å². The van der Waals surface area contributed by atoms with Gasteiger partial charge in [-0.15, -0.1) is 0 Å². The Hall–Kier alpha value is -3.49. The van der Waals surface area contributed by atoms with Crippen molar-refractivity contribution in [1.82, 2.24) is 9.47 Å². The van der Waals surface area contributed by atoms with Gasteiger partial charge in [-0.2, -0.15) is 0 Å². The summed E-state index contributed by atoms with van der Waals surface area (Å²) in [7, 11) is 3.06. The molecule has 0 saturated carbocycles. The van der Waals surface area contributed by atoms with Gasteiger partial charge in [0.1, 0.15) is 0 Å². The number of benzene rings is 2. The van der Waals surface area contributed by atoms with Gasteiger partial charge in [0, 0.05) is 37.3 Å². The predicted molar refractivity (Wildman–Crippen MR) is 128 cm³/mol. The van der Waals surface area contributed by atoms with E-state index in [1.807, 2.05) is 6.07 Å². The maximum absolute atomic E-state index is 13.5. The van der Waals surface area contributed by atoms with Crippen LogP contribution >= 0.6 is 0 Å². The number of ketones is 1. The molecule has 1 aromatic heterocycles. The van der Waals surface area contributed by atoms with Crippen molar-refractivity contribution in [2.45, 2.75) is 13.0 Å². The lowest BCUT2D eigenvalue weighted by Gasteiger charge is -2.26. The van der Waals surface area contributed by atoms with Crippen LogP contribution in [0.25, 0.3) is 11.3 Å². The molecule has 0 bridgehead atoms. The van der Waals surface area contributed by atoms with E-state index in [-0.39, 0.29) is 17.2 Å². The van der Waals surface area contributed by atoms with Crippen LogP contribution in [-0.2, 0) is 11.3 Å². The molecule has 2 heterocycles. The van der Waals surface area contributed by atoms with E-state index in [2.05, 4.69) is 4.90 Å².